The summed E-state index contributed by atoms with van der Waals surface area (Å²) in [6.07, 6.45) is 0. The average Bonchev–Trinajstić information content (AvgIpc) is 2.31. The van der Waals surface area contributed by atoms with Gasteiger partial charge in [-0.05, 0) is 34.1 Å². The standard InChI is InChI=1S/C12H13BrClNO3/c1-6(7(2)12(17)18)11(16)15-8-3-4-9(13)10(14)5-8/h3-7H,1-2H3,(H,15,16)(H,17,18). The molecule has 0 aromatic heterocycles. The van der Waals surface area contributed by atoms with E-state index in [2.05, 4.69) is 21.2 Å². The Bertz CT molecular complexity index is 478. The normalized spacial score (nSPS) is 13.8. The van der Waals surface area contributed by atoms with Crippen LogP contribution in [-0.4, -0.2) is 17.0 Å². The molecule has 2 unspecified atom stereocenters. The molecule has 0 saturated carbocycles. The van der Waals surface area contributed by atoms with Crippen LogP contribution in [0.15, 0.2) is 22.7 Å². The third kappa shape index (κ3) is 3.71. The van der Waals surface area contributed by atoms with Crippen molar-refractivity contribution in [3.63, 3.8) is 0 Å². The number of hydrogen-bond acceptors (Lipinski definition) is 2. The van der Waals surface area contributed by atoms with Gasteiger partial charge in [0, 0.05) is 16.1 Å². The number of nitrogens with one attached hydrogen (secondary N) is 1. The van der Waals surface area contributed by atoms with Crippen LogP contribution in [0.25, 0.3) is 0 Å². The van der Waals surface area contributed by atoms with Crippen LogP contribution in [0.2, 0.25) is 5.02 Å². The zero-order valence-corrected chi connectivity index (χ0v) is 12.2. The Hall–Kier alpha value is -1.07. The zero-order chi connectivity index (χ0) is 13.9. The number of carbonyl (C=O) groups excluding carboxylic acids is 1. The molecule has 0 radical (unpaired) electrons. The summed E-state index contributed by atoms with van der Waals surface area (Å²) in [5, 5.41) is 12.0. The lowest BCUT2D eigenvalue weighted by molar-refractivity contribution is -0.145. The molecule has 0 fully saturated rings. The first-order chi connectivity index (χ1) is 8.32. The number of carboxylic acids is 1. The van der Waals surface area contributed by atoms with Crippen molar-refractivity contribution in [1.82, 2.24) is 0 Å². The minimum absolute atomic E-state index is 0.344. The number of anilines is 1. The number of halogens is 2. The quantitative estimate of drug-likeness (QED) is 0.887. The molecular weight excluding hydrogens is 321 g/mol. The van der Waals surface area contributed by atoms with Crippen molar-refractivity contribution in [3.05, 3.63) is 27.7 Å². The van der Waals surface area contributed by atoms with Gasteiger partial charge in [0.25, 0.3) is 0 Å². The van der Waals surface area contributed by atoms with Crippen molar-refractivity contribution < 1.29 is 14.7 Å². The summed E-state index contributed by atoms with van der Waals surface area (Å²) in [6, 6.07) is 5.00. The van der Waals surface area contributed by atoms with E-state index >= 15 is 0 Å². The summed E-state index contributed by atoms with van der Waals surface area (Å²) in [7, 11) is 0. The molecule has 0 heterocycles. The number of hydrogen-bond donors (Lipinski definition) is 2. The van der Waals surface area contributed by atoms with Crippen molar-refractivity contribution in [2.45, 2.75) is 13.8 Å². The Morgan fingerprint density at radius 1 is 1.33 bits per heavy atom. The monoisotopic (exact) mass is 333 g/mol. The van der Waals surface area contributed by atoms with Crippen LogP contribution in [0.3, 0.4) is 0 Å². The third-order valence-electron chi connectivity index (χ3n) is 2.74. The van der Waals surface area contributed by atoms with Crippen LogP contribution >= 0.6 is 27.5 Å². The summed E-state index contributed by atoms with van der Waals surface area (Å²) < 4.78 is 0.731. The molecule has 4 nitrogen and oxygen atoms in total. The maximum atomic E-state index is 11.8. The van der Waals surface area contributed by atoms with Gasteiger partial charge in [-0.1, -0.05) is 25.4 Å². The Kier molecular flexibility index (Phi) is 5.16. The molecule has 0 aliphatic heterocycles. The Labute approximate surface area is 118 Å². The Morgan fingerprint density at radius 2 is 1.94 bits per heavy atom. The smallest absolute Gasteiger partial charge is 0.307 e. The van der Waals surface area contributed by atoms with Gasteiger partial charge in [-0.25, -0.2) is 0 Å². The van der Waals surface area contributed by atoms with Crippen molar-refractivity contribution in [2.75, 3.05) is 5.32 Å². The molecule has 1 amide bonds. The van der Waals surface area contributed by atoms with E-state index in [1.165, 1.54) is 6.92 Å². The van der Waals surface area contributed by atoms with Crippen LogP contribution in [0.1, 0.15) is 13.8 Å². The van der Waals surface area contributed by atoms with Gasteiger partial charge in [-0.3, -0.25) is 9.59 Å². The van der Waals surface area contributed by atoms with Crippen LogP contribution in [0.4, 0.5) is 5.69 Å². The van der Waals surface area contributed by atoms with Gasteiger partial charge in [0.05, 0.1) is 10.9 Å². The number of amides is 1. The van der Waals surface area contributed by atoms with Gasteiger partial charge in [-0.15, -0.1) is 0 Å². The molecule has 0 aliphatic carbocycles. The lowest BCUT2D eigenvalue weighted by Crippen LogP contribution is -2.29. The molecular formula is C12H13BrClNO3. The molecule has 1 aromatic rings. The summed E-state index contributed by atoms with van der Waals surface area (Å²) in [5.74, 6) is -2.70. The average molecular weight is 335 g/mol. The van der Waals surface area contributed by atoms with E-state index in [1.807, 2.05) is 0 Å². The van der Waals surface area contributed by atoms with Gasteiger partial charge in [-0.2, -0.15) is 0 Å². The van der Waals surface area contributed by atoms with Crippen LogP contribution in [0, 0.1) is 11.8 Å². The fourth-order valence-electron chi connectivity index (χ4n) is 1.27. The van der Waals surface area contributed by atoms with Gasteiger partial charge in [0.2, 0.25) is 5.91 Å². The molecule has 6 heteroatoms. The van der Waals surface area contributed by atoms with Crippen molar-refractivity contribution in [3.8, 4) is 0 Å². The molecule has 2 atom stereocenters. The maximum Gasteiger partial charge on any atom is 0.307 e. The van der Waals surface area contributed by atoms with E-state index in [9.17, 15) is 9.59 Å². The minimum atomic E-state index is -0.994. The van der Waals surface area contributed by atoms with Crippen molar-refractivity contribution in [1.29, 1.82) is 0 Å². The van der Waals surface area contributed by atoms with Crippen molar-refractivity contribution in [2.24, 2.45) is 11.8 Å². The predicted octanol–water partition coefficient (Wildman–Crippen LogP) is 3.40. The molecule has 2 N–H and O–H groups in total. The lowest BCUT2D eigenvalue weighted by Gasteiger charge is -2.16. The minimum Gasteiger partial charge on any atom is -0.481 e. The first-order valence-corrected chi connectivity index (χ1v) is 6.48. The summed E-state index contributed by atoms with van der Waals surface area (Å²) in [6.45, 7) is 3.08. The highest BCUT2D eigenvalue weighted by molar-refractivity contribution is 9.10. The zero-order valence-electron chi connectivity index (χ0n) is 9.91. The van der Waals surface area contributed by atoms with Gasteiger partial charge < -0.3 is 10.4 Å². The topological polar surface area (TPSA) is 66.4 Å². The number of carboxylic acid groups (broad SMARTS) is 1. The fraction of sp³-hybridized carbons (Fsp3) is 0.333. The number of carbonyl (C=O) groups is 2. The van der Waals surface area contributed by atoms with Gasteiger partial charge >= 0.3 is 5.97 Å². The van der Waals surface area contributed by atoms with Gasteiger partial charge in [0.15, 0.2) is 0 Å². The number of benzene rings is 1. The number of rotatable bonds is 4. The first-order valence-electron chi connectivity index (χ1n) is 5.31. The van der Waals surface area contributed by atoms with E-state index in [4.69, 9.17) is 16.7 Å². The molecule has 0 saturated heterocycles. The van der Waals surface area contributed by atoms with E-state index in [0.29, 0.717) is 10.7 Å². The number of aliphatic carboxylic acids is 1. The Morgan fingerprint density at radius 3 is 2.44 bits per heavy atom. The highest BCUT2D eigenvalue weighted by Crippen LogP contribution is 2.26. The second-order valence-corrected chi connectivity index (χ2v) is 5.30. The lowest BCUT2D eigenvalue weighted by atomic mass is 9.95. The molecule has 98 valence electrons. The van der Waals surface area contributed by atoms with Crippen LogP contribution < -0.4 is 5.32 Å². The summed E-state index contributed by atoms with van der Waals surface area (Å²) in [5.41, 5.74) is 0.539. The molecule has 0 bridgehead atoms. The molecule has 0 spiro atoms. The van der Waals surface area contributed by atoms with E-state index in [-0.39, 0.29) is 5.91 Å². The first kappa shape index (κ1) is 15.0. The maximum absolute atomic E-state index is 11.8. The summed E-state index contributed by atoms with van der Waals surface area (Å²) >= 11 is 9.14. The second-order valence-electron chi connectivity index (χ2n) is 4.03. The van der Waals surface area contributed by atoms with Crippen LogP contribution in [0.5, 0.6) is 0 Å². The van der Waals surface area contributed by atoms with Crippen molar-refractivity contribution >= 4 is 45.1 Å². The third-order valence-corrected chi connectivity index (χ3v) is 3.97. The van der Waals surface area contributed by atoms with Crippen LogP contribution in [-0.2, 0) is 9.59 Å². The second kappa shape index (κ2) is 6.20. The highest BCUT2D eigenvalue weighted by atomic mass is 79.9. The molecule has 0 aliphatic rings. The Balaban J connectivity index is 2.75. The molecule has 1 aromatic carbocycles. The molecule has 1 rings (SSSR count). The SMILES string of the molecule is CC(C(=O)O)C(C)C(=O)Nc1ccc(Br)c(Cl)c1. The fourth-order valence-corrected chi connectivity index (χ4v) is 1.70. The van der Waals surface area contributed by atoms with Gasteiger partial charge in [0.1, 0.15) is 0 Å². The summed E-state index contributed by atoms with van der Waals surface area (Å²) in [4.78, 5) is 22.6. The highest BCUT2D eigenvalue weighted by Gasteiger charge is 2.25. The molecule has 18 heavy (non-hydrogen) atoms. The van der Waals surface area contributed by atoms with E-state index < -0.39 is 17.8 Å². The predicted molar refractivity (Wildman–Crippen MR) is 73.7 cm³/mol. The largest absolute Gasteiger partial charge is 0.481 e. The van der Waals surface area contributed by atoms with E-state index in [0.717, 1.165) is 4.47 Å². The van der Waals surface area contributed by atoms with E-state index in [1.54, 1.807) is 25.1 Å².